The van der Waals surface area contributed by atoms with Crippen molar-refractivity contribution < 1.29 is 13.2 Å². The second kappa shape index (κ2) is 6.02. The van der Waals surface area contributed by atoms with Gasteiger partial charge in [-0.2, -0.15) is 13.2 Å². The van der Waals surface area contributed by atoms with E-state index >= 15 is 0 Å². The summed E-state index contributed by atoms with van der Waals surface area (Å²) < 4.78 is 36.0. The van der Waals surface area contributed by atoms with Gasteiger partial charge in [0.05, 0.1) is 6.42 Å². The van der Waals surface area contributed by atoms with Crippen molar-refractivity contribution >= 4 is 0 Å². The molecule has 0 aliphatic carbocycles. The molecule has 0 aliphatic rings. The number of hydrogen-bond donors (Lipinski definition) is 1. The Kier molecular flexibility index (Phi) is 4.96. The molecule has 17 heavy (non-hydrogen) atoms. The number of alkyl halides is 3. The highest BCUT2D eigenvalue weighted by molar-refractivity contribution is 5.22. The number of hydrogen-bond acceptors (Lipinski definition) is 2. The Morgan fingerprint density at radius 1 is 1.12 bits per heavy atom. The van der Waals surface area contributed by atoms with Crippen molar-refractivity contribution in [2.75, 3.05) is 13.6 Å². The molecule has 0 fully saturated rings. The zero-order chi connectivity index (χ0) is 12.9. The lowest BCUT2D eigenvalue weighted by Gasteiger charge is -2.17. The Morgan fingerprint density at radius 3 is 2.12 bits per heavy atom. The van der Waals surface area contributed by atoms with Gasteiger partial charge < -0.3 is 10.6 Å². The number of halogens is 3. The van der Waals surface area contributed by atoms with Gasteiger partial charge >= 0.3 is 6.18 Å². The van der Waals surface area contributed by atoms with Crippen LogP contribution in [0, 0.1) is 0 Å². The summed E-state index contributed by atoms with van der Waals surface area (Å²) in [6, 6.07) is 7.58. The second-order valence-electron chi connectivity index (χ2n) is 4.12. The highest BCUT2D eigenvalue weighted by Gasteiger charge is 2.26. The summed E-state index contributed by atoms with van der Waals surface area (Å²) in [7, 11) is 1.68. The summed E-state index contributed by atoms with van der Waals surface area (Å²) in [5.41, 5.74) is 7.47. The van der Waals surface area contributed by atoms with Gasteiger partial charge in [0, 0.05) is 19.6 Å². The predicted molar refractivity (Wildman–Crippen MR) is 61.3 cm³/mol. The van der Waals surface area contributed by atoms with Crippen LogP contribution in [0.4, 0.5) is 13.2 Å². The van der Waals surface area contributed by atoms with Gasteiger partial charge in [-0.15, -0.1) is 0 Å². The van der Waals surface area contributed by atoms with Crippen LogP contribution in [-0.4, -0.2) is 24.7 Å². The Bertz CT molecular complexity index is 333. The first kappa shape index (κ1) is 14.0. The fourth-order valence-corrected chi connectivity index (χ4v) is 1.49. The van der Waals surface area contributed by atoms with Crippen LogP contribution in [0.2, 0.25) is 0 Å². The van der Waals surface area contributed by atoms with Gasteiger partial charge in [0.1, 0.15) is 0 Å². The molecule has 5 heteroatoms. The van der Waals surface area contributed by atoms with Gasteiger partial charge in [-0.3, -0.25) is 0 Å². The van der Waals surface area contributed by atoms with Crippen molar-refractivity contribution in [3.63, 3.8) is 0 Å². The average molecular weight is 246 g/mol. The van der Waals surface area contributed by atoms with Gasteiger partial charge in [0.2, 0.25) is 0 Å². The smallest absolute Gasteiger partial charge is 0.326 e. The van der Waals surface area contributed by atoms with Crippen molar-refractivity contribution in [3.05, 3.63) is 35.4 Å². The molecule has 0 saturated carbocycles. The topological polar surface area (TPSA) is 29.3 Å². The van der Waals surface area contributed by atoms with Gasteiger partial charge in [0.15, 0.2) is 0 Å². The molecule has 0 amide bonds. The van der Waals surface area contributed by atoms with E-state index in [1.165, 1.54) is 0 Å². The molecule has 2 nitrogen and oxygen atoms in total. The maximum atomic E-state index is 12.0. The summed E-state index contributed by atoms with van der Waals surface area (Å²) in [5.74, 6) is 0. The number of benzene rings is 1. The normalized spacial score (nSPS) is 12.1. The maximum Gasteiger partial charge on any atom is 0.390 e. The maximum absolute atomic E-state index is 12.0. The van der Waals surface area contributed by atoms with Crippen LogP contribution < -0.4 is 5.73 Å². The van der Waals surface area contributed by atoms with Crippen LogP contribution in [0.15, 0.2) is 24.3 Å². The Morgan fingerprint density at radius 2 is 1.65 bits per heavy atom. The third-order valence-corrected chi connectivity index (χ3v) is 2.49. The fraction of sp³-hybridized carbons (Fsp3) is 0.500. The first-order chi connectivity index (χ1) is 7.90. The van der Waals surface area contributed by atoms with Crippen LogP contribution in [0.25, 0.3) is 0 Å². The number of nitrogens with zero attached hydrogens (tertiary/aromatic N) is 1. The molecule has 1 aromatic carbocycles. The number of nitrogens with two attached hydrogens (primary N) is 1. The first-order valence-electron chi connectivity index (χ1n) is 5.44. The van der Waals surface area contributed by atoms with Gasteiger partial charge in [-0.1, -0.05) is 24.3 Å². The molecule has 1 rings (SSSR count). The van der Waals surface area contributed by atoms with E-state index in [0.29, 0.717) is 13.1 Å². The third-order valence-electron chi connectivity index (χ3n) is 2.49. The molecule has 0 heterocycles. The highest BCUT2D eigenvalue weighted by atomic mass is 19.4. The van der Waals surface area contributed by atoms with E-state index < -0.39 is 12.6 Å². The minimum atomic E-state index is -4.09. The molecule has 0 bridgehead atoms. The molecule has 0 radical (unpaired) electrons. The minimum Gasteiger partial charge on any atom is -0.326 e. The standard InChI is InChI=1S/C12H17F3N2/c1-17(7-6-12(13,14)15)9-11-4-2-10(8-16)3-5-11/h2-5H,6-9,16H2,1H3. The molecular formula is C12H17F3N2. The van der Waals surface area contributed by atoms with E-state index in [-0.39, 0.29) is 6.54 Å². The van der Waals surface area contributed by atoms with Gasteiger partial charge in [-0.25, -0.2) is 0 Å². The van der Waals surface area contributed by atoms with Gasteiger partial charge in [-0.05, 0) is 18.2 Å². The van der Waals surface area contributed by atoms with Crippen LogP contribution in [0.3, 0.4) is 0 Å². The Balaban J connectivity index is 2.42. The van der Waals surface area contributed by atoms with Crippen molar-refractivity contribution in [2.45, 2.75) is 25.7 Å². The zero-order valence-electron chi connectivity index (χ0n) is 9.80. The van der Waals surface area contributed by atoms with Crippen LogP contribution in [-0.2, 0) is 13.1 Å². The average Bonchev–Trinajstić information content (AvgIpc) is 2.27. The van der Waals surface area contributed by atoms with Crippen molar-refractivity contribution in [1.82, 2.24) is 4.90 Å². The molecular weight excluding hydrogens is 229 g/mol. The third kappa shape index (κ3) is 5.70. The van der Waals surface area contributed by atoms with Crippen LogP contribution >= 0.6 is 0 Å². The molecule has 0 aromatic heterocycles. The molecule has 0 spiro atoms. The largest absolute Gasteiger partial charge is 0.390 e. The Hall–Kier alpha value is -1.07. The monoisotopic (exact) mass is 246 g/mol. The zero-order valence-corrected chi connectivity index (χ0v) is 9.80. The second-order valence-corrected chi connectivity index (χ2v) is 4.12. The van der Waals surface area contributed by atoms with E-state index in [1.54, 1.807) is 11.9 Å². The van der Waals surface area contributed by atoms with Crippen molar-refractivity contribution in [3.8, 4) is 0 Å². The summed E-state index contributed by atoms with van der Waals surface area (Å²) in [4.78, 5) is 1.66. The predicted octanol–water partition coefficient (Wildman–Crippen LogP) is 2.53. The lowest BCUT2D eigenvalue weighted by molar-refractivity contribution is -0.137. The lowest BCUT2D eigenvalue weighted by Crippen LogP contribution is -2.24. The molecule has 0 saturated heterocycles. The summed E-state index contributed by atoms with van der Waals surface area (Å²) in [6.07, 6.45) is -4.86. The van der Waals surface area contributed by atoms with E-state index in [9.17, 15) is 13.2 Å². The first-order valence-corrected chi connectivity index (χ1v) is 5.44. The van der Waals surface area contributed by atoms with Crippen molar-refractivity contribution in [1.29, 1.82) is 0 Å². The fourth-order valence-electron chi connectivity index (χ4n) is 1.49. The SMILES string of the molecule is CN(CCC(F)(F)F)Cc1ccc(CN)cc1. The van der Waals surface area contributed by atoms with E-state index in [1.807, 2.05) is 24.3 Å². The Labute approximate surface area is 99.2 Å². The van der Waals surface area contributed by atoms with Gasteiger partial charge in [0.25, 0.3) is 0 Å². The van der Waals surface area contributed by atoms with E-state index in [4.69, 9.17) is 5.73 Å². The van der Waals surface area contributed by atoms with Crippen LogP contribution in [0.1, 0.15) is 17.5 Å². The molecule has 0 atom stereocenters. The molecule has 0 aliphatic heterocycles. The molecule has 0 unspecified atom stereocenters. The van der Waals surface area contributed by atoms with E-state index in [2.05, 4.69) is 0 Å². The molecule has 2 N–H and O–H groups in total. The summed E-state index contributed by atoms with van der Waals surface area (Å²) in [5, 5.41) is 0. The summed E-state index contributed by atoms with van der Waals surface area (Å²) in [6.45, 7) is 1.01. The number of rotatable bonds is 5. The molecule has 1 aromatic rings. The van der Waals surface area contributed by atoms with Crippen molar-refractivity contribution in [2.24, 2.45) is 5.73 Å². The van der Waals surface area contributed by atoms with E-state index in [0.717, 1.165) is 11.1 Å². The highest BCUT2D eigenvalue weighted by Crippen LogP contribution is 2.19. The quantitative estimate of drug-likeness (QED) is 0.865. The van der Waals surface area contributed by atoms with Crippen LogP contribution in [0.5, 0.6) is 0 Å². The lowest BCUT2D eigenvalue weighted by atomic mass is 10.1. The summed E-state index contributed by atoms with van der Waals surface area (Å²) >= 11 is 0. The molecule has 96 valence electrons. The minimum absolute atomic E-state index is 0.0160.